The smallest absolute Gasteiger partial charge is 0.342 e. The number of alkyl halides is 2. The van der Waals surface area contributed by atoms with E-state index in [2.05, 4.69) is 20.6 Å². The highest BCUT2D eigenvalue weighted by Crippen LogP contribution is 2.40. The second kappa shape index (κ2) is 11.2. The number of carbonyl (C=O) groups is 2. The molecule has 0 unspecified atom stereocenters. The molecule has 1 aromatic heterocycles. The van der Waals surface area contributed by atoms with Crippen molar-refractivity contribution in [2.75, 3.05) is 49.0 Å². The predicted molar refractivity (Wildman–Crippen MR) is 135 cm³/mol. The topological polar surface area (TPSA) is 120 Å². The average Bonchev–Trinajstić information content (AvgIpc) is 3.41. The van der Waals surface area contributed by atoms with Crippen LogP contribution in [0.25, 0.3) is 0 Å². The molecule has 1 aromatic carbocycles. The first kappa shape index (κ1) is 26.5. The van der Waals surface area contributed by atoms with Crippen molar-refractivity contribution in [1.82, 2.24) is 15.3 Å². The van der Waals surface area contributed by atoms with Crippen molar-refractivity contribution in [2.24, 2.45) is 0 Å². The lowest BCUT2D eigenvalue weighted by molar-refractivity contribution is -0.140. The minimum absolute atomic E-state index is 0.0717. The van der Waals surface area contributed by atoms with E-state index in [-0.39, 0.29) is 36.0 Å². The molecule has 2 heterocycles. The summed E-state index contributed by atoms with van der Waals surface area (Å²) in [4.78, 5) is 36.2. The molecular formula is C25H32F2N6O4. The molecule has 2 aliphatic rings. The van der Waals surface area contributed by atoms with Gasteiger partial charge in [0.15, 0.2) is 5.82 Å². The average molecular weight is 519 g/mol. The zero-order chi connectivity index (χ0) is 26.6. The number of hydrogen-bond acceptors (Lipinski definition) is 8. The maximum Gasteiger partial charge on any atom is 0.342 e. The summed E-state index contributed by atoms with van der Waals surface area (Å²) in [7, 11) is 2.77. The summed E-state index contributed by atoms with van der Waals surface area (Å²) >= 11 is 0. The van der Waals surface area contributed by atoms with Gasteiger partial charge in [-0.15, -0.1) is 0 Å². The van der Waals surface area contributed by atoms with Gasteiger partial charge < -0.3 is 30.3 Å². The number of ether oxygens (including phenoxy) is 1. The number of nitrogens with one attached hydrogen (secondary N) is 2. The van der Waals surface area contributed by atoms with E-state index < -0.39 is 18.4 Å². The molecule has 2 aromatic rings. The van der Waals surface area contributed by atoms with Gasteiger partial charge in [0, 0.05) is 31.8 Å². The number of aliphatic hydroxyl groups excluding tert-OH is 1. The summed E-state index contributed by atoms with van der Waals surface area (Å²) in [5, 5.41) is 14.7. The molecule has 12 heteroatoms. The number of rotatable bonds is 9. The van der Waals surface area contributed by atoms with Crippen LogP contribution in [0.4, 0.5) is 31.9 Å². The quantitative estimate of drug-likeness (QED) is 0.434. The number of aliphatic hydroxyl groups is 1. The number of carbonyl (C=O) groups excluding carboxylic acids is 2. The Balaban J connectivity index is 1.60. The molecule has 37 heavy (non-hydrogen) atoms. The Hall–Kier alpha value is -3.54. The summed E-state index contributed by atoms with van der Waals surface area (Å²) < 4.78 is 35.0. The van der Waals surface area contributed by atoms with Crippen LogP contribution >= 0.6 is 0 Å². The number of benzene rings is 1. The zero-order valence-electron chi connectivity index (χ0n) is 21.0. The Kier molecular flexibility index (Phi) is 8.06. The fourth-order valence-corrected chi connectivity index (χ4v) is 4.70. The SMILES string of the molecule is COc1cc(C(=O)NCCCCO)ccc1Nc1ncc2c(n1)N(C1CCCC1)CC(F)(F)C(=O)N2C. The number of fused-ring (bicyclic) bond motifs is 1. The van der Waals surface area contributed by atoms with Gasteiger partial charge in [0.25, 0.3) is 11.8 Å². The Morgan fingerprint density at radius 2 is 2.03 bits per heavy atom. The Morgan fingerprint density at radius 1 is 1.27 bits per heavy atom. The normalized spacial score (nSPS) is 17.4. The molecular weight excluding hydrogens is 486 g/mol. The van der Waals surface area contributed by atoms with Crippen molar-refractivity contribution in [3.8, 4) is 5.75 Å². The van der Waals surface area contributed by atoms with Gasteiger partial charge in [0.1, 0.15) is 11.4 Å². The molecule has 0 bridgehead atoms. The van der Waals surface area contributed by atoms with Crippen LogP contribution in [0.15, 0.2) is 24.4 Å². The first-order valence-corrected chi connectivity index (χ1v) is 12.4. The number of aromatic nitrogens is 2. The molecule has 3 N–H and O–H groups in total. The van der Waals surface area contributed by atoms with E-state index in [0.717, 1.165) is 30.6 Å². The van der Waals surface area contributed by atoms with Crippen molar-refractivity contribution >= 4 is 35.0 Å². The van der Waals surface area contributed by atoms with Crippen molar-refractivity contribution in [3.63, 3.8) is 0 Å². The summed E-state index contributed by atoms with van der Waals surface area (Å²) in [6, 6.07) is 4.70. The van der Waals surface area contributed by atoms with Crippen LogP contribution in [0.1, 0.15) is 48.9 Å². The Morgan fingerprint density at radius 3 is 2.73 bits per heavy atom. The van der Waals surface area contributed by atoms with E-state index in [9.17, 15) is 18.4 Å². The maximum atomic E-state index is 14.8. The largest absolute Gasteiger partial charge is 0.495 e. The minimum Gasteiger partial charge on any atom is -0.495 e. The van der Waals surface area contributed by atoms with Crippen LogP contribution < -0.4 is 25.2 Å². The lowest BCUT2D eigenvalue weighted by Gasteiger charge is -2.31. The summed E-state index contributed by atoms with van der Waals surface area (Å²) in [6.07, 6.45) is 6.00. The fraction of sp³-hybridized carbons (Fsp3) is 0.520. The van der Waals surface area contributed by atoms with Gasteiger partial charge in [-0.1, -0.05) is 12.8 Å². The standard InChI is InChI=1S/C25H32F2N6O4/c1-32-19-14-29-24(31-21(19)33(17-7-3-4-8-17)15-25(26,27)23(32)36)30-18-10-9-16(13-20(18)37-2)22(35)28-11-5-6-12-34/h9-10,13-14,17,34H,3-8,11-12,15H2,1-2H3,(H,28,35)(H,29,30,31). The highest BCUT2D eigenvalue weighted by molar-refractivity contribution is 6.02. The first-order chi connectivity index (χ1) is 17.7. The Labute approximate surface area is 214 Å². The van der Waals surface area contributed by atoms with Crippen LogP contribution in [0.3, 0.4) is 0 Å². The number of anilines is 4. The number of hydrogen-bond donors (Lipinski definition) is 3. The lowest BCUT2D eigenvalue weighted by Crippen LogP contribution is -2.48. The molecule has 2 amide bonds. The van der Waals surface area contributed by atoms with Crippen molar-refractivity contribution in [1.29, 1.82) is 0 Å². The van der Waals surface area contributed by atoms with Crippen LogP contribution in [0.2, 0.25) is 0 Å². The molecule has 1 aliphatic heterocycles. The summed E-state index contributed by atoms with van der Waals surface area (Å²) in [5.74, 6) is -4.32. The van der Waals surface area contributed by atoms with E-state index in [1.165, 1.54) is 25.3 Å². The monoisotopic (exact) mass is 518 g/mol. The number of unbranched alkanes of at least 4 members (excludes halogenated alkanes) is 1. The number of amides is 2. The molecule has 0 saturated heterocycles. The molecule has 0 atom stereocenters. The lowest BCUT2D eigenvalue weighted by atomic mass is 10.1. The van der Waals surface area contributed by atoms with Gasteiger partial charge in [0.05, 0.1) is 25.5 Å². The van der Waals surface area contributed by atoms with E-state index in [4.69, 9.17) is 9.84 Å². The van der Waals surface area contributed by atoms with Gasteiger partial charge >= 0.3 is 5.92 Å². The van der Waals surface area contributed by atoms with Crippen molar-refractivity contribution in [3.05, 3.63) is 30.0 Å². The van der Waals surface area contributed by atoms with Gasteiger partial charge in [-0.05, 0) is 43.9 Å². The third-order valence-corrected chi connectivity index (χ3v) is 6.72. The fourth-order valence-electron chi connectivity index (χ4n) is 4.70. The second-order valence-corrected chi connectivity index (χ2v) is 9.26. The third-order valence-electron chi connectivity index (χ3n) is 6.72. The van der Waals surface area contributed by atoms with Gasteiger partial charge in [-0.2, -0.15) is 13.8 Å². The highest BCUT2D eigenvalue weighted by atomic mass is 19.3. The minimum atomic E-state index is -3.55. The van der Waals surface area contributed by atoms with E-state index >= 15 is 0 Å². The first-order valence-electron chi connectivity index (χ1n) is 12.4. The molecule has 4 rings (SSSR count). The van der Waals surface area contributed by atoms with Gasteiger partial charge in [0.2, 0.25) is 5.95 Å². The van der Waals surface area contributed by atoms with Gasteiger partial charge in [-0.3, -0.25) is 9.59 Å². The molecule has 1 fully saturated rings. The molecule has 1 saturated carbocycles. The molecule has 10 nitrogen and oxygen atoms in total. The summed E-state index contributed by atoms with van der Waals surface area (Å²) in [6.45, 7) is -0.226. The molecule has 1 aliphatic carbocycles. The second-order valence-electron chi connectivity index (χ2n) is 9.26. The Bertz CT molecular complexity index is 1140. The molecule has 0 radical (unpaired) electrons. The number of methoxy groups -OCH3 is 1. The van der Waals surface area contributed by atoms with Crippen molar-refractivity contribution < 1.29 is 28.2 Å². The van der Waals surface area contributed by atoms with Gasteiger partial charge in [-0.25, -0.2) is 4.98 Å². The molecule has 200 valence electrons. The van der Waals surface area contributed by atoms with E-state index in [1.54, 1.807) is 18.2 Å². The molecule has 0 spiro atoms. The number of halogens is 2. The van der Waals surface area contributed by atoms with E-state index in [1.807, 2.05) is 0 Å². The van der Waals surface area contributed by atoms with Crippen LogP contribution in [-0.2, 0) is 4.79 Å². The zero-order valence-corrected chi connectivity index (χ0v) is 21.0. The van der Waals surface area contributed by atoms with Crippen molar-refractivity contribution in [2.45, 2.75) is 50.5 Å². The summed E-state index contributed by atoms with van der Waals surface area (Å²) in [5.41, 5.74) is 1.10. The highest BCUT2D eigenvalue weighted by Gasteiger charge is 2.48. The van der Waals surface area contributed by atoms with Crippen LogP contribution in [-0.4, -0.2) is 72.7 Å². The third kappa shape index (κ3) is 5.74. The van der Waals surface area contributed by atoms with Crippen LogP contribution in [0, 0.1) is 0 Å². The van der Waals surface area contributed by atoms with Crippen LogP contribution in [0.5, 0.6) is 5.75 Å². The number of nitrogens with zero attached hydrogens (tertiary/aromatic N) is 4. The maximum absolute atomic E-state index is 14.8. The predicted octanol–water partition coefficient (Wildman–Crippen LogP) is 3.09. The van der Waals surface area contributed by atoms with E-state index in [0.29, 0.717) is 36.4 Å².